The Morgan fingerprint density at radius 1 is 1.67 bits per heavy atom. The summed E-state index contributed by atoms with van der Waals surface area (Å²) in [6, 6.07) is 0. The van der Waals surface area contributed by atoms with Gasteiger partial charge in [-0.05, 0) is 27.1 Å². The maximum Gasteiger partial charge on any atom is 0.199 e. The monoisotopic (exact) mass is 221 g/mol. The summed E-state index contributed by atoms with van der Waals surface area (Å²) in [5, 5.41) is 0. The number of hydrogen-bond acceptors (Lipinski definition) is 2. The van der Waals surface area contributed by atoms with Gasteiger partial charge in [0.05, 0.1) is 5.92 Å². The van der Waals surface area contributed by atoms with Crippen LogP contribution in [0.25, 0.3) is 0 Å². The highest BCUT2D eigenvalue weighted by molar-refractivity contribution is 7.43. The summed E-state index contributed by atoms with van der Waals surface area (Å²) in [5.41, 5.74) is 2.43. The van der Waals surface area contributed by atoms with Crippen molar-refractivity contribution in [1.82, 2.24) is 0 Å². The quantitative estimate of drug-likeness (QED) is 0.517. The largest absolute Gasteiger partial charge is 0.463 e. The van der Waals surface area contributed by atoms with Crippen LogP contribution in [0.2, 0.25) is 0 Å². The Bertz CT molecular complexity index is 355. The second kappa shape index (κ2) is 4.76. The summed E-state index contributed by atoms with van der Waals surface area (Å²) < 4.78 is 5.85. The van der Waals surface area contributed by atoms with Gasteiger partial charge >= 0.3 is 0 Å². The van der Waals surface area contributed by atoms with Gasteiger partial charge in [0.15, 0.2) is 6.23 Å². The van der Waals surface area contributed by atoms with Crippen LogP contribution in [-0.2, 0) is 4.74 Å². The third kappa shape index (κ3) is 2.21. The van der Waals surface area contributed by atoms with E-state index in [2.05, 4.69) is 36.8 Å². The molecule has 2 aliphatic heterocycles. The predicted molar refractivity (Wildman–Crippen MR) is 66.6 cm³/mol. The first kappa shape index (κ1) is 10.6. The zero-order chi connectivity index (χ0) is 10.7. The van der Waals surface area contributed by atoms with Gasteiger partial charge < -0.3 is 4.74 Å². The number of rotatable bonds is 2. The summed E-state index contributed by atoms with van der Waals surface area (Å²) in [5.74, 6) is 2.58. The van der Waals surface area contributed by atoms with Crippen molar-refractivity contribution in [3.63, 3.8) is 0 Å². The fraction of sp³-hybridized carbons (Fsp3) is 0.500. The lowest BCUT2D eigenvalue weighted by Crippen LogP contribution is -2.12. The average molecular weight is 221 g/mol. The Morgan fingerprint density at radius 3 is 3.33 bits per heavy atom. The lowest BCUT2D eigenvalue weighted by atomic mass is 10.0. The summed E-state index contributed by atoms with van der Waals surface area (Å²) >= 11 is 0. The minimum atomic E-state index is -0.00324. The van der Waals surface area contributed by atoms with Gasteiger partial charge in [0.25, 0.3) is 0 Å². The summed E-state index contributed by atoms with van der Waals surface area (Å²) in [4.78, 5) is 4.42. The Balaban J connectivity index is 2.21. The zero-order valence-corrected chi connectivity index (χ0v) is 10.1. The molecule has 0 aromatic heterocycles. The average Bonchev–Trinajstić information content (AvgIpc) is 2.44. The van der Waals surface area contributed by atoms with E-state index < -0.39 is 0 Å². The molecule has 0 saturated carbocycles. The van der Waals surface area contributed by atoms with E-state index in [1.165, 1.54) is 13.8 Å². The van der Waals surface area contributed by atoms with E-state index in [-0.39, 0.29) is 6.23 Å². The van der Waals surface area contributed by atoms with Crippen LogP contribution < -0.4 is 0 Å². The van der Waals surface area contributed by atoms with E-state index in [0.29, 0.717) is 5.92 Å². The second-order valence-electron chi connectivity index (χ2n) is 3.74. The molecule has 2 nitrogen and oxygen atoms in total. The molecule has 0 aromatic rings. The van der Waals surface area contributed by atoms with Crippen LogP contribution in [0.15, 0.2) is 28.2 Å². The molecule has 0 radical (unpaired) electrons. The van der Waals surface area contributed by atoms with Gasteiger partial charge in [-0.15, -0.1) is 0 Å². The van der Waals surface area contributed by atoms with Gasteiger partial charge in [0.2, 0.25) is 0 Å². The fourth-order valence-corrected chi connectivity index (χ4v) is 2.63. The van der Waals surface area contributed by atoms with Crippen LogP contribution >= 0.6 is 8.20 Å². The van der Waals surface area contributed by atoms with E-state index in [1.807, 2.05) is 6.21 Å². The Hall–Kier alpha value is -0.880. The third-order valence-electron chi connectivity index (χ3n) is 2.61. The smallest absolute Gasteiger partial charge is 0.199 e. The highest BCUT2D eigenvalue weighted by Crippen LogP contribution is 2.38. The van der Waals surface area contributed by atoms with Crippen LogP contribution in [0.3, 0.4) is 0 Å². The Labute approximate surface area is 92.5 Å². The lowest BCUT2D eigenvalue weighted by molar-refractivity contribution is 0.151. The van der Waals surface area contributed by atoms with Gasteiger partial charge in [-0.2, -0.15) is 0 Å². The molecule has 2 atom stereocenters. The maximum absolute atomic E-state index is 5.85. The molecule has 0 amide bonds. The number of hydrogen-bond donors (Lipinski definition) is 0. The molecule has 2 rings (SSSR count). The molecular weight excluding hydrogens is 205 g/mol. The van der Waals surface area contributed by atoms with Crippen molar-refractivity contribution < 1.29 is 4.74 Å². The van der Waals surface area contributed by atoms with E-state index in [9.17, 15) is 0 Å². The van der Waals surface area contributed by atoms with Gasteiger partial charge in [-0.3, -0.25) is 4.99 Å². The lowest BCUT2D eigenvalue weighted by Gasteiger charge is -2.10. The number of ether oxygens (including phenoxy) is 1. The van der Waals surface area contributed by atoms with E-state index in [4.69, 9.17) is 4.74 Å². The fourth-order valence-electron chi connectivity index (χ4n) is 1.76. The Kier molecular flexibility index (Phi) is 3.37. The van der Waals surface area contributed by atoms with E-state index >= 15 is 0 Å². The van der Waals surface area contributed by atoms with Crippen molar-refractivity contribution in [2.45, 2.75) is 32.9 Å². The molecule has 0 spiro atoms. The van der Waals surface area contributed by atoms with E-state index in [0.717, 1.165) is 18.3 Å². The molecule has 0 aromatic carbocycles. The summed E-state index contributed by atoms with van der Waals surface area (Å²) in [6.07, 6.45) is 8.34. The number of fused-ring (bicyclic) bond motifs is 1. The minimum Gasteiger partial charge on any atom is -0.463 e. The summed E-state index contributed by atoms with van der Waals surface area (Å²) in [6.45, 7) is 4.30. The minimum absolute atomic E-state index is 0.00324. The normalized spacial score (nSPS) is 29.5. The first-order valence-corrected chi connectivity index (χ1v) is 6.37. The van der Waals surface area contributed by atoms with Crippen molar-refractivity contribution >= 4 is 20.2 Å². The third-order valence-corrected chi connectivity index (χ3v) is 3.85. The zero-order valence-electron chi connectivity index (χ0n) is 9.18. The molecule has 0 fully saturated rings. The maximum atomic E-state index is 5.85. The van der Waals surface area contributed by atoms with Crippen LogP contribution in [0.4, 0.5) is 0 Å². The van der Waals surface area contributed by atoms with Crippen molar-refractivity contribution in [1.29, 1.82) is 0 Å². The number of aliphatic imine (C=N–C) groups is 1. The highest BCUT2D eigenvalue weighted by atomic mass is 31.1. The second-order valence-corrected chi connectivity index (χ2v) is 4.77. The number of allylic oxidation sites excluding steroid dienone is 1. The van der Waals surface area contributed by atoms with Crippen molar-refractivity contribution in [2.24, 2.45) is 10.9 Å². The molecule has 0 bridgehead atoms. The molecule has 80 valence electrons. The van der Waals surface area contributed by atoms with Gasteiger partial charge in [-0.25, -0.2) is 0 Å². The molecule has 0 aliphatic carbocycles. The molecule has 0 N–H and O–H groups in total. The van der Waals surface area contributed by atoms with Crippen LogP contribution in [0.1, 0.15) is 26.7 Å². The SMILES string of the molecule is CC/C=P\C1=C(C)C2C=CCC=NC2O1. The van der Waals surface area contributed by atoms with Crippen LogP contribution in [0.5, 0.6) is 0 Å². The number of nitrogens with zero attached hydrogens (tertiary/aromatic N) is 1. The molecule has 2 heterocycles. The highest BCUT2D eigenvalue weighted by Gasteiger charge is 2.31. The Morgan fingerprint density at radius 2 is 2.53 bits per heavy atom. The molecule has 2 aliphatic rings. The van der Waals surface area contributed by atoms with Crippen molar-refractivity contribution in [3.8, 4) is 0 Å². The topological polar surface area (TPSA) is 21.6 Å². The first-order valence-electron chi connectivity index (χ1n) is 5.41. The van der Waals surface area contributed by atoms with Gasteiger partial charge in [-0.1, -0.05) is 24.9 Å². The molecule has 2 unspecified atom stereocenters. The standard InChI is InChI=1S/C12H16NOP/c1-3-8-15-12-9(2)10-6-4-5-7-13-11(10)14-12/h4,6-8,10-11H,3,5H2,1-2H3. The van der Waals surface area contributed by atoms with Gasteiger partial charge in [0.1, 0.15) is 5.50 Å². The van der Waals surface area contributed by atoms with Crippen LogP contribution in [-0.4, -0.2) is 18.2 Å². The first-order chi connectivity index (χ1) is 7.33. The van der Waals surface area contributed by atoms with E-state index in [1.54, 1.807) is 0 Å². The van der Waals surface area contributed by atoms with Gasteiger partial charge in [0, 0.05) is 12.6 Å². The predicted octanol–water partition coefficient (Wildman–Crippen LogP) is 3.38. The van der Waals surface area contributed by atoms with Crippen LogP contribution in [0, 0.1) is 5.92 Å². The molecule has 0 saturated heterocycles. The van der Waals surface area contributed by atoms with Crippen molar-refractivity contribution in [3.05, 3.63) is 23.2 Å². The summed E-state index contributed by atoms with van der Waals surface area (Å²) in [7, 11) is 1.19. The molecule has 3 heteroatoms. The molecule has 15 heavy (non-hydrogen) atoms. The van der Waals surface area contributed by atoms with Crippen molar-refractivity contribution in [2.75, 3.05) is 0 Å². The molecular formula is C12H16NOP.